The summed E-state index contributed by atoms with van der Waals surface area (Å²) in [6.45, 7) is 1.40. The van der Waals surface area contributed by atoms with Gasteiger partial charge in [0.1, 0.15) is 11.5 Å². The van der Waals surface area contributed by atoms with Gasteiger partial charge < -0.3 is 10.4 Å². The first kappa shape index (κ1) is 12.0. The third-order valence-electron chi connectivity index (χ3n) is 1.71. The Morgan fingerprint density at radius 2 is 2.13 bits per heavy atom. The second kappa shape index (κ2) is 5.11. The Morgan fingerprint density at radius 1 is 1.47 bits per heavy atom. The van der Waals surface area contributed by atoms with Crippen LogP contribution in [0.3, 0.4) is 0 Å². The van der Waals surface area contributed by atoms with E-state index < -0.39 is 0 Å². The molecule has 15 heavy (non-hydrogen) atoms. The maximum absolute atomic E-state index is 11.4. The van der Waals surface area contributed by atoms with E-state index in [1.807, 2.05) is 22.6 Å². The summed E-state index contributed by atoms with van der Waals surface area (Å²) < 4.78 is 0.677. The number of Topliss-reactive ketones (excluding diaryl/α,β-unsaturated/α-hetero) is 1. The first-order valence-corrected chi connectivity index (χ1v) is 5.34. The van der Waals surface area contributed by atoms with Gasteiger partial charge in [-0.3, -0.25) is 9.59 Å². The first-order valence-electron chi connectivity index (χ1n) is 4.27. The quantitative estimate of drug-likeness (QED) is 0.826. The topological polar surface area (TPSA) is 66.4 Å². The number of rotatable bonds is 3. The lowest BCUT2D eigenvalue weighted by molar-refractivity contribution is -0.116. The zero-order chi connectivity index (χ0) is 11.4. The van der Waals surface area contributed by atoms with Gasteiger partial charge in [-0.25, -0.2) is 0 Å². The van der Waals surface area contributed by atoms with Crippen LogP contribution in [0.25, 0.3) is 0 Å². The Balaban J connectivity index is 2.74. The Labute approximate surface area is 101 Å². The van der Waals surface area contributed by atoms with Crippen LogP contribution in [0.5, 0.6) is 5.75 Å². The molecular formula is C10H10INO3. The molecule has 0 unspecified atom stereocenters. The summed E-state index contributed by atoms with van der Waals surface area (Å²) >= 11 is 1.96. The molecule has 0 aliphatic rings. The van der Waals surface area contributed by atoms with Crippen molar-refractivity contribution < 1.29 is 14.7 Å². The molecule has 0 aromatic heterocycles. The average molecular weight is 319 g/mol. The van der Waals surface area contributed by atoms with Crippen LogP contribution in [0.4, 0.5) is 0 Å². The summed E-state index contributed by atoms with van der Waals surface area (Å²) in [4.78, 5) is 22.1. The SMILES string of the molecule is CC(=O)CNC(=O)c1ccc(I)c(O)c1. The number of hydrogen-bond donors (Lipinski definition) is 2. The lowest BCUT2D eigenvalue weighted by Gasteiger charge is -2.04. The van der Waals surface area contributed by atoms with Gasteiger partial charge in [0.25, 0.3) is 5.91 Å². The predicted octanol–water partition coefficient (Wildman–Crippen LogP) is 1.32. The number of amides is 1. The minimum Gasteiger partial charge on any atom is -0.507 e. The standard InChI is InChI=1S/C10H10INO3/c1-6(13)5-12-10(15)7-2-3-8(11)9(14)4-7/h2-4,14H,5H2,1H3,(H,12,15). The second-order valence-corrected chi connectivity index (χ2v) is 4.21. The van der Waals surface area contributed by atoms with Gasteiger partial charge in [0, 0.05) is 5.56 Å². The molecule has 0 radical (unpaired) electrons. The van der Waals surface area contributed by atoms with E-state index in [0.29, 0.717) is 9.13 Å². The minimum absolute atomic E-state index is 0.00554. The van der Waals surface area contributed by atoms with Crippen molar-refractivity contribution in [2.75, 3.05) is 6.54 Å². The van der Waals surface area contributed by atoms with E-state index in [2.05, 4.69) is 5.32 Å². The number of aromatic hydroxyl groups is 1. The Hall–Kier alpha value is -1.11. The summed E-state index contributed by atoms with van der Waals surface area (Å²) in [7, 11) is 0. The maximum atomic E-state index is 11.4. The van der Waals surface area contributed by atoms with Crippen LogP contribution >= 0.6 is 22.6 Å². The number of halogens is 1. The molecule has 0 bridgehead atoms. The smallest absolute Gasteiger partial charge is 0.251 e. The van der Waals surface area contributed by atoms with E-state index in [-0.39, 0.29) is 24.0 Å². The van der Waals surface area contributed by atoms with Crippen LogP contribution in [0, 0.1) is 3.57 Å². The molecule has 0 saturated carbocycles. The molecular weight excluding hydrogens is 309 g/mol. The van der Waals surface area contributed by atoms with E-state index in [4.69, 9.17) is 0 Å². The highest BCUT2D eigenvalue weighted by Gasteiger charge is 2.08. The number of carbonyl (C=O) groups excluding carboxylic acids is 2. The van der Waals surface area contributed by atoms with Gasteiger partial charge >= 0.3 is 0 Å². The van der Waals surface area contributed by atoms with Crippen LogP contribution in [-0.4, -0.2) is 23.3 Å². The van der Waals surface area contributed by atoms with Gasteiger partial charge in [-0.1, -0.05) is 0 Å². The molecule has 5 heteroatoms. The van der Waals surface area contributed by atoms with Crippen molar-refractivity contribution in [3.05, 3.63) is 27.3 Å². The van der Waals surface area contributed by atoms with Crippen molar-refractivity contribution in [1.82, 2.24) is 5.32 Å². The lowest BCUT2D eigenvalue weighted by atomic mass is 10.2. The molecule has 2 N–H and O–H groups in total. The molecule has 1 aromatic carbocycles. The predicted molar refractivity (Wildman–Crippen MR) is 63.8 cm³/mol. The Morgan fingerprint density at radius 3 is 2.67 bits per heavy atom. The molecule has 0 aliphatic carbocycles. The molecule has 1 aromatic rings. The largest absolute Gasteiger partial charge is 0.507 e. The third kappa shape index (κ3) is 3.50. The van der Waals surface area contributed by atoms with Gasteiger partial charge in [0.2, 0.25) is 0 Å². The number of phenolic OH excluding ortho intramolecular Hbond substituents is 1. The van der Waals surface area contributed by atoms with Gasteiger partial charge in [-0.15, -0.1) is 0 Å². The van der Waals surface area contributed by atoms with Gasteiger partial charge in [-0.2, -0.15) is 0 Å². The van der Waals surface area contributed by atoms with E-state index in [1.165, 1.54) is 13.0 Å². The van der Waals surface area contributed by atoms with E-state index >= 15 is 0 Å². The normalized spacial score (nSPS) is 9.73. The molecule has 1 amide bonds. The molecule has 0 saturated heterocycles. The molecule has 80 valence electrons. The zero-order valence-corrected chi connectivity index (χ0v) is 10.2. The van der Waals surface area contributed by atoms with Crippen molar-refractivity contribution in [3.63, 3.8) is 0 Å². The number of phenols is 1. The van der Waals surface area contributed by atoms with Crippen molar-refractivity contribution in [2.24, 2.45) is 0 Å². The first-order chi connectivity index (χ1) is 7.00. The zero-order valence-electron chi connectivity index (χ0n) is 8.08. The fraction of sp³-hybridized carbons (Fsp3) is 0.200. The molecule has 0 atom stereocenters. The molecule has 0 spiro atoms. The number of hydrogen-bond acceptors (Lipinski definition) is 3. The summed E-state index contributed by atoms with van der Waals surface area (Å²) in [5.41, 5.74) is 0.342. The lowest BCUT2D eigenvalue weighted by Crippen LogP contribution is -2.28. The third-order valence-corrected chi connectivity index (χ3v) is 2.62. The number of benzene rings is 1. The van der Waals surface area contributed by atoms with E-state index in [0.717, 1.165) is 0 Å². The maximum Gasteiger partial charge on any atom is 0.251 e. The van der Waals surface area contributed by atoms with E-state index in [1.54, 1.807) is 12.1 Å². The number of carbonyl (C=O) groups is 2. The molecule has 4 nitrogen and oxygen atoms in total. The monoisotopic (exact) mass is 319 g/mol. The number of ketones is 1. The molecule has 0 fully saturated rings. The fourth-order valence-corrected chi connectivity index (χ4v) is 1.30. The average Bonchev–Trinajstić information content (AvgIpc) is 2.18. The number of nitrogens with one attached hydrogen (secondary N) is 1. The summed E-state index contributed by atoms with van der Waals surface area (Å²) in [5, 5.41) is 11.8. The van der Waals surface area contributed by atoms with Crippen LogP contribution in [-0.2, 0) is 4.79 Å². The van der Waals surface area contributed by atoms with Crippen LogP contribution in [0.1, 0.15) is 17.3 Å². The Bertz CT molecular complexity index is 404. The van der Waals surface area contributed by atoms with Crippen LogP contribution < -0.4 is 5.32 Å². The molecule has 1 rings (SSSR count). The Kier molecular flexibility index (Phi) is 4.07. The fourth-order valence-electron chi connectivity index (χ4n) is 0.961. The van der Waals surface area contributed by atoms with Gasteiger partial charge in [0.05, 0.1) is 10.1 Å². The highest BCUT2D eigenvalue weighted by atomic mass is 127. The minimum atomic E-state index is -0.364. The van der Waals surface area contributed by atoms with Crippen LogP contribution in [0.15, 0.2) is 18.2 Å². The van der Waals surface area contributed by atoms with Gasteiger partial charge in [-0.05, 0) is 47.7 Å². The van der Waals surface area contributed by atoms with Crippen molar-refractivity contribution in [2.45, 2.75) is 6.92 Å². The molecule has 0 heterocycles. The molecule has 0 aliphatic heterocycles. The summed E-state index contributed by atoms with van der Waals surface area (Å²) in [6.07, 6.45) is 0. The van der Waals surface area contributed by atoms with Crippen molar-refractivity contribution >= 4 is 34.3 Å². The summed E-state index contributed by atoms with van der Waals surface area (Å²) in [5.74, 6) is -0.416. The van der Waals surface area contributed by atoms with Gasteiger partial charge in [0.15, 0.2) is 0 Å². The van der Waals surface area contributed by atoms with Crippen LogP contribution in [0.2, 0.25) is 0 Å². The summed E-state index contributed by atoms with van der Waals surface area (Å²) in [6, 6.07) is 4.60. The van der Waals surface area contributed by atoms with Crippen molar-refractivity contribution in [1.29, 1.82) is 0 Å². The highest BCUT2D eigenvalue weighted by molar-refractivity contribution is 14.1. The highest BCUT2D eigenvalue weighted by Crippen LogP contribution is 2.20. The van der Waals surface area contributed by atoms with E-state index in [9.17, 15) is 14.7 Å². The second-order valence-electron chi connectivity index (χ2n) is 3.05. The van der Waals surface area contributed by atoms with Crippen molar-refractivity contribution in [3.8, 4) is 5.75 Å².